The van der Waals surface area contributed by atoms with Gasteiger partial charge in [0.05, 0.1) is 0 Å². The Balaban J connectivity index is 2.24. The lowest BCUT2D eigenvalue weighted by atomic mass is 10.2. The highest BCUT2D eigenvalue weighted by Crippen LogP contribution is 2.02. The third kappa shape index (κ3) is 1.85. The quantitative estimate of drug-likeness (QED) is 0.380. The largest absolute Gasteiger partial charge is 0.465 e. The molecule has 5 heteroatoms. The van der Waals surface area contributed by atoms with Gasteiger partial charge >= 0.3 is 6.09 Å². The predicted molar refractivity (Wildman–Crippen MR) is 33.6 cm³/mol. The van der Waals surface area contributed by atoms with Crippen LogP contribution in [0.4, 0.5) is 4.79 Å². The highest BCUT2D eigenvalue weighted by Gasteiger charge is 2.22. The minimum absolute atomic E-state index is 0.146. The number of amides is 1. The van der Waals surface area contributed by atoms with Crippen LogP contribution in [0, 0.1) is 0 Å². The summed E-state index contributed by atoms with van der Waals surface area (Å²) in [6, 6.07) is -0.146. The number of nitrogens with one attached hydrogen (secondary N) is 2. The maximum atomic E-state index is 10.0. The molecular formula is C5H10N2O3. The van der Waals surface area contributed by atoms with Gasteiger partial charge in [-0.1, -0.05) is 0 Å². The van der Waals surface area contributed by atoms with Gasteiger partial charge in [-0.15, -0.1) is 0 Å². The zero-order chi connectivity index (χ0) is 7.56. The van der Waals surface area contributed by atoms with E-state index in [1.165, 1.54) is 0 Å². The van der Waals surface area contributed by atoms with E-state index in [0.717, 1.165) is 0 Å². The molecular weight excluding hydrogens is 136 g/mol. The molecule has 1 amide bonds. The van der Waals surface area contributed by atoms with Gasteiger partial charge in [0.1, 0.15) is 6.23 Å². The molecule has 2 atom stereocenters. The molecule has 58 valence electrons. The van der Waals surface area contributed by atoms with E-state index in [-0.39, 0.29) is 6.04 Å². The Morgan fingerprint density at radius 2 is 2.40 bits per heavy atom. The molecule has 1 heterocycles. The van der Waals surface area contributed by atoms with Crippen molar-refractivity contribution in [2.75, 3.05) is 6.54 Å². The van der Waals surface area contributed by atoms with Gasteiger partial charge < -0.3 is 15.5 Å². The summed E-state index contributed by atoms with van der Waals surface area (Å²) in [6.45, 7) is 0.507. The Bertz CT molecular complexity index is 139. The molecule has 0 aliphatic carbocycles. The lowest BCUT2D eigenvalue weighted by molar-refractivity contribution is 0.156. The molecule has 0 radical (unpaired) electrons. The monoisotopic (exact) mass is 146 g/mol. The Morgan fingerprint density at radius 3 is 2.80 bits per heavy atom. The predicted octanol–water partition coefficient (Wildman–Crippen LogP) is -1.07. The maximum Gasteiger partial charge on any atom is 0.404 e. The van der Waals surface area contributed by atoms with Crippen molar-refractivity contribution in [2.45, 2.75) is 18.7 Å². The summed E-state index contributed by atoms with van der Waals surface area (Å²) in [4.78, 5) is 10.0. The second-order valence-corrected chi connectivity index (χ2v) is 2.31. The number of aliphatic hydroxyl groups excluding tert-OH is 1. The van der Waals surface area contributed by atoms with Crippen molar-refractivity contribution in [1.82, 2.24) is 10.6 Å². The molecule has 0 saturated carbocycles. The highest BCUT2D eigenvalue weighted by atomic mass is 16.4. The number of rotatable bonds is 1. The first-order valence-corrected chi connectivity index (χ1v) is 3.09. The summed E-state index contributed by atoms with van der Waals surface area (Å²) < 4.78 is 0. The summed E-state index contributed by atoms with van der Waals surface area (Å²) in [5.41, 5.74) is 0. The normalized spacial score (nSPS) is 32.1. The zero-order valence-electron chi connectivity index (χ0n) is 5.37. The summed E-state index contributed by atoms with van der Waals surface area (Å²) in [5, 5.41) is 22.1. The molecule has 0 spiro atoms. The van der Waals surface area contributed by atoms with Crippen LogP contribution in [0.15, 0.2) is 0 Å². The van der Waals surface area contributed by atoms with Crippen molar-refractivity contribution >= 4 is 6.09 Å². The van der Waals surface area contributed by atoms with Gasteiger partial charge in [0, 0.05) is 19.0 Å². The van der Waals surface area contributed by atoms with Crippen LogP contribution in [0.1, 0.15) is 6.42 Å². The SMILES string of the molecule is O=C(O)N[C@H]1CNC(O)C1. The molecule has 0 aromatic rings. The number of carboxylic acid groups (broad SMARTS) is 1. The number of aliphatic hydroxyl groups is 1. The average Bonchev–Trinajstić information content (AvgIpc) is 2.13. The van der Waals surface area contributed by atoms with Gasteiger partial charge in [0.25, 0.3) is 0 Å². The van der Waals surface area contributed by atoms with E-state index in [1.54, 1.807) is 0 Å². The van der Waals surface area contributed by atoms with Gasteiger partial charge in [-0.05, 0) is 0 Å². The van der Waals surface area contributed by atoms with Gasteiger partial charge in [-0.2, -0.15) is 0 Å². The summed E-state index contributed by atoms with van der Waals surface area (Å²) in [6.07, 6.45) is -1.15. The molecule has 10 heavy (non-hydrogen) atoms. The molecule has 1 rings (SSSR count). The van der Waals surface area contributed by atoms with Gasteiger partial charge in [0.15, 0.2) is 0 Å². The van der Waals surface area contributed by atoms with E-state index in [0.29, 0.717) is 13.0 Å². The fraction of sp³-hybridized carbons (Fsp3) is 0.800. The van der Waals surface area contributed by atoms with E-state index in [1.807, 2.05) is 0 Å². The fourth-order valence-corrected chi connectivity index (χ4v) is 0.999. The molecule has 5 nitrogen and oxygen atoms in total. The van der Waals surface area contributed by atoms with E-state index < -0.39 is 12.3 Å². The third-order valence-corrected chi connectivity index (χ3v) is 1.44. The molecule has 0 bridgehead atoms. The van der Waals surface area contributed by atoms with Crippen molar-refractivity contribution in [3.8, 4) is 0 Å². The van der Waals surface area contributed by atoms with Crippen molar-refractivity contribution in [3.63, 3.8) is 0 Å². The number of carbonyl (C=O) groups is 1. The summed E-state index contributed by atoms with van der Waals surface area (Å²) in [7, 11) is 0. The van der Waals surface area contributed by atoms with Crippen LogP contribution in [0.25, 0.3) is 0 Å². The fourth-order valence-electron chi connectivity index (χ4n) is 0.999. The van der Waals surface area contributed by atoms with E-state index in [4.69, 9.17) is 10.2 Å². The van der Waals surface area contributed by atoms with Crippen molar-refractivity contribution in [2.24, 2.45) is 0 Å². The minimum atomic E-state index is -1.04. The van der Waals surface area contributed by atoms with Crippen molar-refractivity contribution in [3.05, 3.63) is 0 Å². The van der Waals surface area contributed by atoms with Crippen molar-refractivity contribution < 1.29 is 15.0 Å². The molecule has 0 aromatic heterocycles. The summed E-state index contributed by atoms with van der Waals surface area (Å²) in [5.74, 6) is 0. The van der Waals surface area contributed by atoms with Gasteiger partial charge in [-0.25, -0.2) is 4.79 Å². The Labute approximate surface area is 58.0 Å². The number of hydrogen-bond donors (Lipinski definition) is 4. The lowest BCUT2D eigenvalue weighted by Crippen LogP contribution is -2.34. The van der Waals surface area contributed by atoms with Crippen LogP contribution in [0.5, 0.6) is 0 Å². The van der Waals surface area contributed by atoms with Crippen LogP contribution in [0.3, 0.4) is 0 Å². The maximum absolute atomic E-state index is 10.0. The van der Waals surface area contributed by atoms with Crippen LogP contribution in [-0.4, -0.2) is 35.1 Å². The smallest absolute Gasteiger partial charge is 0.404 e. The van der Waals surface area contributed by atoms with E-state index in [2.05, 4.69) is 10.6 Å². The van der Waals surface area contributed by atoms with E-state index >= 15 is 0 Å². The second kappa shape index (κ2) is 2.85. The highest BCUT2D eigenvalue weighted by molar-refractivity contribution is 5.64. The zero-order valence-corrected chi connectivity index (χ0v) is 5.37. The Kier molecular flexibility index (Phi) is 2.08. The molecule has 1 saturated heterocycles. The van der Waals surface area contributed by atoms with E-state index in [9.17, 15) is 4.79 Å². The average molecular weight is 146 g/mol. The van der Waals surface area contributed by atoms with Crippen molar-refractivity contribution in [1.29, 1.82) is 0 Å². The topological polar surface area (TPSA) is 81.6 Å². The molecule has 1 unspecified atom stereocenters. The van der Waals surface area contributed by atoms with Crippen LogP contribution >= 0.6 is 0 Å². The number of hydrogen-bond acceptors (Lipinski definition) is 3. The lowest BCUT2D eigenvalue weighted by Gasteiger charge is -2.05. The minimum Gasteiger partial charge on any atom is -0.465 e. The standard InChI is InChI=1S/C5H10N2O3/c8-4-1-3(2-6-4)7-5(9)10/h3-4,6-8H,1-2H2,(H,9,10)/t3-,4?/m1/s1. The molecule has 1 fully saturated rings. The Hall–Kier alpha value is -0.810. The molecule has 4 N–H and O–H groups in total. The van der Waals surface area contributed by atoms with Crippen LogP contribution in [-0.2, 0) is 0 Å². The molecule has 1 aliphatic rings. The van der Waals surface area contributed by atoms with Crippen LogP contribution in [0.2, 0.25) is 0 Å². The molecule has 1 aliphatic heterocycles. The first kappa shape index (κ1) is 7.30. The summed E-state index contributed by atoms with van der Waals surface area (Å²) >= 11 is 0. The Morgan fingerprint density at radius 1 is 1.70 bits per heavy atom. The molecule has 0 aromatic carbocycles. The first-order chi connectivity index (χ1) is 4.68. The van der Waals surface area contributed by atoms with Gasteiger partial charge in [-0.3, -0.25) is 5.32 Å². The second-order valence-electron chi connectivity index (χ2n) is 2.31. The third-order valence-electron chi connectivity index (χ3n) is 1.44. The first-order valence-electron chi connectivity index (χ1n) is 3.09. The van der Waals surface area contributed by atoms with Crippen LogP contribution < -0.4 is 10.6 Å². The van der Waals surface area contributed by atoms with Gasteiger partial charge in [0.2, 0.25) is 0 Å².